The van der Waals surface area contributed by atoms with Crippen LogP contribution in [0.4, 0.5) is 18.9 Å². The molecule has 0 saturated carbocycles. The molecule has 0 spiro atoms. The summed E-state index contributed by atoms with van der Waals surface area (Å²) in [7, 11) is 0. The van der Waals surface area contributed by atoms with Crippen LogP contribution < -0.4 is 10.9 Å². The topological polar surface area (TPSA) is 44.9 Å². The highest BCUT2D eigenvalue weighted by Crippen LogP contribution is 2.31. The molecule has 1 unspecified atom stereocenters. The Labute approximate surface area is 118 Å². The lowest BCUT2D eigenvalue weighted by atomic mass is 9.91. The SMILES string of the molecule is O=c1ccc2c([nH]1)CCCC2Nc1cc(F)c(F)c(F)c1. The van der Waals surface area contributed by atoms with Crippen molar-refractivity contribution in [3.05, 3.63) is 63.3 Å². The van der Waals surface area contributed by atoms with E-state index in [2.05, 4.69) is 10.3 Å². The van der Waals surface area contributed by atoms with E-state index >= 15 is 0 Å². The fourth-order valence-corrected chi connectivity index (χ4v) is 2.69. The number of halogens is 3. The predicted molar refractivity (Wildman–Crippen MR) is 72.7 cm³/mol. The van der Waals surface area contributed by atoms with Gasteiger partial charge in [-0.15, -0.1) is 0 Å². The lowest BCUT2D eigenvalue weighted by molar-refractivity contribution is 0.447. The summed E-state index contributed by atoms with van der Waals surface area (Å²) in [5.41, 5.74) is 1.73. The van der Waals surface area contributed by atoms with Gasteiger partial charge < -0.3 is 10.3 Å². The molecule has 2 aromatic rings. The molecule has 1 aliphatic rings. The number of hydrogen-bond donors (Lipinski definition) is 2. The smallest absolute Gasteiger partial charge is 0.248 e. The molecule has 1 aliphatic carbocycles. The molecule has 1 aromatic heterocycles. The molecule has 0 aliphatic heterocycles. The van der Waals surface area contributed by atoms with Crippen molar-refractivity contribution in [1.29, 1.82) is 0 Å². The molecule has 1 heterocycles. The van der Waals surface area contributed by atoms with Crippen molar-refractivity contribution >= 4 is 5.69 Å². The molecular weight excluding hydrogens is 281 g/mol. The van der Waals surface area contributed by atoms with E-state index in [1.54, 1.807) is 6.07 Å². The summed E-state index contributed by atoms with van der Waals surface area (Å²) in [4.78, 5) is 14.1. The summed E-state index contributed by atoms with van der Waals surface area (Å²) in [5, 5.41) is 3.00. The van der Waals surface area contributed by atoms with Crippen LogP contribution in [-0.2, 0) is 6.42 Å². The lowest BCUT2D eigenvalue weighted by Gasteiger charge is -2.26. The highest BCUT2D eigenvalue weighted by molar-refractivity contribution is 5.47. The van der Waals surface area contributed by atoms with E-state index in [0.29, 0.717) is 0 Å². The number of anilines is 1. The van der Waals surface area contributed by atoms with E-state index in [9.17, 15) is 18.0 Å². The van der Waals surface area contributed by atoms with Gasteiger partial charge in [-0.3, -0.25) is 4.79 Å². The number of benzene rings is 1. The van der Waals surface area contributed by atoms with E-state index in [0.717, 1.165) is 42.7 Å². The van der Waals surface area contributed by atoms with Gasteiger partial charge in [0.25, 0.3) is 0 Å². The third-order valence-electron chi connectivity index (χ3n) is 3.66. The predicted octanol–water partition coefficient (Wildman–Crippen LogP) is 3.28. The summed E-state index contributed by atoms with van der Waals surface area (Å²) < 4.78 is 39.4. The first-order valence-electron chi connectivity index (χ1n) is 6.68. The third kappa shape index (κ3) is 2.66. The highest BCUT2D eigenvalue weighted by Gasteiger charge is 2.21. The van der Waals surface area contributed by atoms with Crippen LogP contribution in [0.15, 0.2) is 29.1 Å². The Bertz CT molecular complexity index is 719. The van der Waals surface area contributed by atoms with Crippen LogP contribution in [0.5, 0.6) is 0 Å². The van der Waals surface area contributed by atoms with E-state index in [4.69, 9.17) is 0 Å². The van der Waals surface area contributed by atoms with Crippen LogP contribution in [0.3, 0.4) is 0 Å². The van der Waals surface area contributed by atoms with Crippen molar-refractivity contribution < 1.29 is 13.2 Å². The second-order valence-corrected chi connectivity index (χ2v) is 5.10. The number of pyridine rings is 1. The highest BCUT2D eigenvalue weighted by atomic mass is 19.2. The molecule has 0 saturated heterocycles. The number of H-pyrrole nitrogens is 1. The van der Waals surface area contributed by atoms with Gasteiger partial charge in [0.2, 0.25) is 5.56 Å². The fraction of sp³-hybridized carbons (Fsp3) is 0.267. The quantitative estimate of drug-likeness (QED) is 0.835. The van der Waals surface area contributed by atoms with Crippen molar-refractivity contribution in [2.75, 3.05) is 5.32 Å². The lowest BCUT2D eigenvalue weighted by Crippen LogP contribution is -2.21. The zero-order chi connectivity index (χ0) is 15.0. The first-order chi connectivity index (χ1) is 10.0. The van der Waals surface area contributed by atoms with Crippen LogP contribution >= 0.6 is 0 Å². The monoisotopic (exact) mass is 294 g/mol. The van der Waals surface area contributed by atoms with E-state index in [-0.39, 0.29) is 17.3 Å². The number of rotatable bonds is 2. The van der Waals surface area contributed by atoms with E-state index in [1.807, 2.05) is 0 Å². The number of aromatic nitrogens is 1. The summed E-state index contributed by atoms with van der Waals surface area (Å²) in [6.45, 7) is 0. The van der Waals surface area contributed by atoms with Crippen LogP contribution in [0.25, 0.3) is 0 Å². The summed E-state index contributed by atoms with van der Waals surface area (Å²) in [6.07, 6.45) is 2.37. The Kier molecular flexibility index (Phi) is 3.45. The van der Waals surface area contributed by atoms with Gasteiger partial charge >= 0.3 is 0 Å². The molecule has 21 heavy (non-hydrogen) atoms. The third-order valence-corrected chi connectivity index (χ3v) is 3.66. The Balaban J connectivity index is 1.92. The molecule has 0 fully saturated rings. The van der Waals surface area contributed by atoms with Gasteiger partial charge in [-0.2, -0.15) is 0 Å². The van der Waals surface area contributed by atoms with Crippen molar-refractivity contribution in [2.45, 2.75) is 25.3 Å². The Morgan fingerprint density at radius 1 is 1.14 bits per heavy atom. The molecule has 2 N–H and O–H groups in total. The van der Waals surface area contributed by atoms with Crippen LogP contribution in [0.1, 0.15) is 30.1 Å². The van der Waals surface area contributed by atoms with Crippen molar-refractivity contribution in [3.63, 3.8) is 0 Å². The molecule has 0 amide bonds. The average molecular weight is 294 g/mol. The van der Waals surface area contributed by atoms with Crippen LogP contribution in [-0.4, -0.2) is 4.98 Å². The van der Waals surface area contributed by atoms with Gasteiger partial charge in [0.15, 0.2) is 17.5 Å². The van der Waals surface area contributed by atoms with Gasteiger partial charge in [0.1, 0.15) is 0 Å². The van der Waals surface area contributed by atoms with E-state index in [1.165, 1.54) is 6.07 Å². The first kappa shape index (κ1) is 13.7. The Morgan fingerprint density at radius 2 is 1.86 bits per heavy atom. The first-order valence-corrected chi connectivity index (χ1v) is 6.68. The average Bonchev–Trinajstić information content (AvgIpc) is 2.44. The molecule has 110 valence electrons. The summed E-state index contributed by atoms with van der Waals surface area (Å²) in [6, 6.07) is 4.82. The Morgan fingerprint density at radius 3 is 2.57 bits per heavy atom. The maximum atomic E-state index is 13.2. The van der Waals surface area contributed by atoms with Gasteiger partial charge in [-0.25, -0.2) is 13.2 Å². The largest absolute Gasteiger partial charge is 0.378 e. The molecule has 0 bridgehead atoms. The van der Waals surface area contributed by atoms with Crippen LogP contribution in [0.2, 0.25) is 0 Å². The van der Waals surface area contributed by atoms with Crippen LogP contribution in [0, 0.1) is 17.5 Å². The number of hydrogen-bond acceptors (Lipinski definition) is 2. The standard InChI is InChI=1S/C15H13F3N2O/c16-10-6-8(7-11(17)15(10)18)19-12-2-1-3-13-9(12)4-5-14(21)20-13/h4-7,12,19H,1-3H2,(H,20,21). The minimum absolute atomic E-state index is 0.171. The molecule has 3 nitrogen and oxygen atoms in total. The zero-order valence-electron chi connectivity index (χ0n) is 11.1. The van der Waals surface area contributed by atoms with Crippen molar-refractivity contribution in [3.8, 4) is 0 Å². The maximum Gasteiger partial charge on any atom is 0.248 e. The molecule has 3 rings (SSSR count). The minimum Gasteiger partial charge on any atom is -0.378 e. The Hall–Kier alpha value is -2.24. The number of aryl methyl sites for hydroxylation is 1. The maximum absolute atomic E-state index is 13.2. The number of fused-ring (bicyclic) bond motifs is 1. The summed E-state index contributed by atoms with van der Waals surface area (Å²) >= 11 is 0. The zero-order valence-corrected chi connectivity index (χ0v) is 11.1. The normalized spacial score (nSPS) is 17.4. The number of aromatic amines is 1. The number of nitrogens with one attached hydrogen (secondary N) is 2. The molecular formula is C15H13F3N2O. The van der Waals surface area contributed by atoms with Gasteiger partial charge in [-0.1, -0.05) is 0 Å². The molecule has 1 atom stereocenters. The second-order valence-electron chi connectivity index (χ2n) is 5.10. The second kappa shape index (κ2) is 5.27. The molecule has 1 aromatic carbocycles. The van der Waals surface area contributed by atoms with Crippen molar-refractivity contribution in [1.82, 2.24) is 4.98 Å². The minimum atomic E-state index is -1.48. The van der Waals surface area contributed by atoms with Gasteiger partial charge in [0, 0.05) is 29.6 Å². The van der Waals surface area contributed by atoms with Crippen molar-refractivity contribution in [2.24, 2.45) is 0 Å². The van der Waals surface area contributed by atoms with Gasteiger partial charge in [0.05, 0.1) is 6.04 Å². The van der Waals surface area contributed by atoms with E-state index < -0.39 is 17.5 Å². The fourth-order valence-electron chi connectivity index (χ4n) is 2.69. The summed E-state index contributed by atoms with van der Waals surface area (Å²) in [5.74, 6) is -3.93. The van der Waals surface area contributed by atoms with Gasteiger partial charge in [-0.05, 0) is 30.9 Å². The molecule has 6 heteroatoms. The molecule has 0 radical (unpaired) electrons.